The van der Waals surface area contributed by atoms with Crippen molar-refractivity contribution in [2.45, 2.75) is 58.5 Å². The van der Waals surface area contributed by atoms with Crippen molar-refractivity contribution in [3.63, 3.8) is 0 Å². The SMILES string of the molecule is CC1CC(C)(C)CC2(C1)NC(=O)N(CC(=O)N(C)C(C)c1ccccc1)C2=O. The van der Waals surface area contributed by atoms with Gasteiger partial charge in [0.2, 0.25) is 5.91 Å². The van der Waals surface area contributed by atoms with Gasteiger partial charge in [0, 0.05) is 7.05 Å². The molecule has 1 saturated heterocycles. The average molecular weight is 386 g/mol. The van der Waals surface area contributed by atoms with Crippen molar-refractivity contribution in [2.75, 3.05) is 13.6 Å². The van der Waals surface area contributed by atoms with Crippen LogP contribution in [0.15, 0.2) is 30.3 Å². The zero-order chi connectivity index (χ0) is 20.7. The van der Waals surface area contributed by atoms with Gasteiger partial charge in [0.15, 0.2) is 0 Å². The topological polar surface area (TPSA) is 69.7 Å². The van der Waals surface area contributed by atoms with Crippen LogP contribution in [0.4, 0.5) is 4.79 Å². The molecule has 1 N–H and O–H groups in total. The van der Waals surface area contributed by atoms with Crippen LogP contribution in [-0.2, 0) is 9.59 Å². The lowest BCUT2D eigenvalue weighted by atomic mass is 9.64. The molecule has 6 nitrogen and oxygen atoms in total. The third kappa shape index (κ3) is 3.77. The number of nitrogens with zero attached hydrogens (tertiary/aromatic N) is 2. The predicted octanol–water partition coefficient (Wildman–Crippen LogP) is 3.34. The average Bonchev–Trinajstić information content (AvgIpc) is 2.82. The number of amides is 4. The van der Waals surface area contributed by atoms with Gasteiger partial charge in [-0.05, 0) is 43.1 Å². The second kappa shape index (κ2) is 7.22. The monoisotopic (exact) mass is 385 g/mol. The minimum Gasteiger partial charge on any atom is -0.337 e. The van der Waals surface area contributed by atoms with Crippen LogP contribution in [0.2, 0.25) is 0 Å². The van der Waals surface area contributed by atoms with Crippen LogP contribution in [0.25, 0.3) is 0 Å². The number of carbonyl (C=O) groups excluding carboxylic acids is 3. The van der Waals surface area contributed by atoms with Gasteiger partial charge in [0.1, 0.15) is 12.1 Å². The van der Waals surface area contributed by atoms with Crippen molar-refractivity contribution in [3.8, 4) is 0 Å². The van der Waals surface area contributed by atoms with E-state index in [0.29, 0.717) is 18.8 Å². The number of hydrogen-bond donors (Lipinski definition) is 1. The molecule has 0 bridgehead atoms. The summed E-state index contributed by atoms with van der Waals surface area (Å²) in [4.78, 5) is 41.3. The third-order valence-electron chi connectivity index (χ3n) is 6.17. The summed E-state index contributed by atoms with van der Waals surface area (Å²) in [6.07, 6.45) is 2.26. The first-order valence-electron chi connectivity index (χ1n) is 9.99. The largest absolute Gasteiger partial charge is 0.337 e. The Morgan fingerprint density at radius 3 is 2.50 bits per heavy atom. The number of benzene rings is 1. The fraction of sp³-hybridized carbons (Fsp3) is 0.591. The number of imide groups is 1. The molecular weight excluding hydrogens is 354 g/mol. The minimum absolute atomic E-state index is 0.0285. The lowest BCUT2D eigenvalue weighted by Crippen LogP contribution is -2.54. The molecular formula is C22H31N3O3. The van der Waals surface area contributed by atoms with E-state index in [2.05, 4.69) is 26.1 Å². The van der Waals surface area contributed by atoms with E-state index in [1.54, 1.807) is 11.9 Å². The second-order valence-corrected chi connectivity index (χ2v) is 9.35. The van der Waals surface area contributed by atoms with Crippen LogP contribution in [-0.4, -0.2) is 46.8 Å². The van der Waals surface area contributed by atoms with Crippen LogP contribution in [0.5, 0.6) is 0 Å². The van der Waals surface area contributed by atoms with Gasteiger partial charge in [-0.25, -0.2) is 4.79 Å². The number of urea groups is 1. The molecule has 1 aliphatic heterocycles. The summed E-state index contributed by atoms with van der Waals surface area (Å²) in [5.74, 6) is -0.171. The summed E-state index contributed by atoms with van der Waals surface area (Å²) >= 11 is 0. The second-order valence-electron chi connectivity index (χ2n) is 9.35. The molecule has 3 unspecified atom stereocenters. The van der Waals surface area contributed by atoms with Gasteiger partial charge in [-0.2, -0.15) is 0 Å². The highest BCUT2D eigenvalue weighted by Crippen LogP contribution is 2.46. The summed E-state index contributed by atoms with van der Waals surface area (Å²) in [5, 5.41) is 2.93. The summed E-state index contributed by atoms with van der Waals surface area (Å²) < 4.78 is 0. The van der Waals surface area contributed by atoms with E-state index in [-0.39, 0.29) is 29.8 Å². The maximum atomic E-state index is 13.2. The summed E-state index contributed by atoms with van der Waals surface area (Å²) in [6, 6.07) is 9.11. The van der Waals surface area contributed by atoms with Crippen molar-refractivity contribution < 1.29 is 14.4 Å². The van der Waals surface area contributed by atoms with Gasteiger partial charge in [-0.3, -0.25) is 14.5 Å². The smallest absolute Gasteiger partial charge is 0.325 e. The number of hydrogen-bond acceptors (Lipinski definition) is 3. The molecule has 1 aliphatic carbocycles. The zero-order valence-electron chi connectivity index (χ0n) is 17.5. The molecule has 1 heterocycles. The molecule has 1 spiro atoms. The molecule has 1 aromatic carbocycles. The third-order valence-corrected chi connectivity index (χ3v) is 6.17. The van der Waals surface area contributed by atoms with Crippen LogP contribution >= 0.6 is 0 Å². The first-order valence-corrected chi connectivity index (χ1v) is 9.99. The molecule has 0 aromatic heterocycles. The van der Waals surface area contributed by atoms with Crippen molar-refractivity contribution in [1.29, 1.82) is 0 Å². The van der Waals surface area contributed by atoms with Gasteiger partial charge in [0.25, 0.3) is 5.91 Å². The number of nitrogens with one attached hydrogen (secondary N) is 1. The van der Waals surface area contributed by atoms with E-state index in [9.17, 15) is 14.4 Å². The quantitative estimate of drug-likeness (QED) is 0.808. The Morgan fingerprint density at radius 2 is 1.89 bits per heavy atom. The van der Waals surface area contributed by atoms with E-state index < -0.39 is 11.6 Å². The van der Waals surface area contributed by atoms with E-state index in [1.165, 1.54) is 0 Å². The van der Waals surface area contributed by atoms with E-state index in [0.717, 1.165) is 16.9 Å². The first kappa shape index (κ1) is 20.4. The van der Waals surface area contributed by atoms with Gasteiger partial charge in [-0.1, -0.05) is 51.1 Å². The maximum absolute atomic E-state index is 13.2. The van der Waals surface area contributed by atoms with Crippen molar-refractivity contribution in [2.24, 2.45) is 11.3 Å². The summed E-state index contributed by atoms with van der Waals surface area (Å²) in [5.41, 5.74) is 0.108. The Hall–Kier alpha value is -2.37. The highest BCUT2D eigenvalue weighted by molar-refractivity contribution is 6.09. The van der Waals surface area contributed by atoms with Gasteiger partial charge in [0.05, 0.1) is 6.04 Å². The Labute approximate surface area is 167 Å². The lowest BCUT2D eigenvalue weighted by Gasteiger charge is -2.43. The van der Waals surface area contributed by atoms with E-state index in [1.807, 2.05) is 37.3 Å². The maximum Gasteiger partial charge on any atom is 0.325 e. The fourth-order valence-corrected chi connectivity index (χ4v) is 5.07. The summed E-state index contributed by atoms with van der Waals surface area (Å²) in [6.45, 7) is 8.09. The van der Waals surface area contributed by atoms with Gasteiger partial charge in [-0.15, -0.1) is 0 Å². The molecule has 2 aliphatic rings. The normalized spacial score (nSPS) is 27.6. The molecule has 2 fully saturated rings. The van der Waals surface area contributed by atoms with Crippen molar-refractivity contribution >= 4 is 17.8 Å². The highest BCUT2D eigenvalue weighted by Gasteiger charge is 2.56. The number of carbonyl (C=O) groups is 3. The molecule has 3 rings (SSSR count). The molecule has 0 radical (unpaired) electrons. The molecule has 1 aromatic rings. The van der Waals surface area contributed by atoms with E-state index in [4.69, 9.17) is 0 Å². The van der Waals surface area contributed by atoms with Gasteiger partial charge >= 0.3 is 6.03 Å². The lowest BCUT2D eigenvalue weighted by molar-refractivity contribution is -0.141. The Bertz CT molecular complexity index is 776. The molecule has 3 atom stereocenters. The van der Waals surface area contributed by atoms with Crippen LogP contribution in [0, 0.1) is 11.3 Å². The minimum atomic E-state index is -0.873. The molecule has 6 heteroatoms. The van der Waals surface area contributed by atoms with Crippen molar-refractivity contribution in [3.05, 3.63) is 35.9 Å². The molecule has 4 amide bonds. The standard InChI is InChI=1S/C22H31N3O3/c1-15-11-21(3,4)14-22(12-15)19(27)25(20(28)23-22)13-18(26)24(5)16(2)17-9-7-6-8-10-17/h6-10,15-16H,11-14H2,1-5H3,(H,23,28). The van der Waals surface area contributed by atoms with Gasteiger partial charge < -0.3 is 10.2 Å². The zero-order valence-corrected chi connectivity index (χ0v) is 17.5. The van der Waals surface area contributed by atoms with Crippen LogP contribution in [0.1, 0.15) is 58.6 Å². The Morgan fingerprint density at radius 1 is 1.25 bits per heavy atom. The Kier molecular flexibility index (Phi) is 5.26. The van der Waals surface area contributed by atoms with Crippen LogP contribution in [0.3, 0.4) is 0 Å². The fourth-order valence-electron chi connectivity index (χ4n) is 5.07. The summed E-state index contributed by atoms with van der Waals surface area (Å²) in [7, 11) is 1.71. The highest BCUT2D eigenvalue weighted by atomic mass is 16.2. The Balaban J connectivity index is 1.73. The van der Waals surface area contributed by atoms with Crippen molar-refractivity contribution in [1.82, 2.24) is 15.1 Å². The predicted molar refractivity (Wildman–Crippen MR) is 107 cm³/mol. The first-order chi connectivity index (χ1) is 13.0. The van der Waals surface area contributed by atoms with E-state index >= 15 is 0 Å². The molecule has 152 valence electrons. The molecule has 1 saturated carbocycles. The molecule has 28 heavy (non-hydrogen) atoms. The van der Waals surface area contributed by atoms with Crippen LogP contribution < -0.4 is 5.32 Å². The number of rotatable bonds is 4. The number of likely N-dealkylation sites (N-methyl/N-ethyl adjacent to an activating group) is 1.